The van der Waals surface area contributed by atoms with E-state index in [1.165, 1.54) is 12.1 Å². The van der Waals surface area contributed by atoms with E-state index in [-0.39, 0.29) is 10.8 Å². The Bertz CT molecular complexity index is 741. The molecular weight excluding hydrogens is 312 g/mol. The quantitative estimate of drug-likeness (QED) is 0.847. The van der Waals surface area contributed by atoms with E-state index in [2.05, 4.69) is 10.9 Å². The van der Waals surface area contributed by atoms with E-state index in [1.54, 1.807) is 36.4 Å². The van der Waals surface area contributed by atoms with Gasteiger partial charge < -0.3 is 0 Å². The average Bonchev–Trinajstić information content (AvgIpc) is 2.45. The van der Waals surface area contributed by atoms with Gasteiger partial charge in [0.05, 0.1) is 10.6 Å². The number of amides is 1. The minimum Gasteiger partial charge on any atom is -0.298 e. The third kappa shape index (κ3) is 4.21. The van der Waals surface area contributed by atoms with Crippen LogP contribution in [0.3, 0.4) is 0 Å². The van der Waals surface area contributed by atoms with Crippen LogP contribution in [-0.2, 0) is 9.84 Å². The zero-order valence-electron chi connectivity index (χ0n) is 11.1. The molecule has 7 heteroatoms. The van der Waals surface area contributed by atoms with Crippen LogP contribution in [0.4, 0.5) is 5.69 Å². The van der Waals surface area contributed by atoms with Crippen molar-refractivity contribution >= 4 is 33.0 Å². The lowest BCUT2D eigenvalue weighted by molar-refractivity contribution is 0.0962. The first kappa shape index (κ1) is 15.3. The molecule has 0 heterocycles. The van der Waals surface area contributed by atoms with Crippen molar-refractivity contribution in [3.63, 3.8) is 0 Å². The molecule has 0 aliphatic carbocycles. The molecule has 0 saturated heterocycles. The van der Waals surface area contributed by atoms with Crippen LogP contribution in [0.2, 0.25) is 5.02 Å². The first-order valence-electron chi connectivity index (χ1n) is 5.98. The molecule has 0 fully saturated rings. The summed E-state index contributed by atoms with van der Waals surface area (Å²) in [5.74, 6) is -0.321. The Morgan fingerprint density at radius 1 is 1.00 bits per heavy atom. The van der Waals surface area contributed by atoms with Gasteiger partial charge in [-0.15, -0.1) is 0 Å². The fourth-order valence-electron chi connectivity index (χ4n) is 1.59. The smallest absolute Gasteiger partial charge is 0.269 e. The van der Waals surface area contributed by atoms with E-state index in [9.17, 15) is 13.2 Å². The maximum atomic E-state index is 11.8. The monoisotopic (exact) mass is 324 g/mol. The maximum Gasteiger partial charge on any atom is 0.269 e. The molecule has 2 aromatic carbocycles. The lowest BCUT2D eigenvalue weighted by Gasteiger charge is -2.09. The van der Waals surface area contributed by atoms with Crippen LogP contribution in [0.1, 0.15) is 10.4 Å². The molecule has 0 aliphatic heterocycles. The second-order valence-corrected chi connectivity index (χ2v) is 6.83. The van der Waals surface area contributed by atoms with Gasteiger partial charge in [-0.25, -0.2) is 8.42 Å². The van der Waals surface area contributed by atoms with Gasteiger partial charge in [-0.05, 0) is 48.5 Å². The highest BCUT2D eigenvalue weighted by Gasteiger charge is 2.07. The molecule has 0 atom stereocenters. The van der Waals surface area contributed by atoms with Crippen LogP contribution in [0, 0.1) is 0 Å². The molecule has 0 saturated carbocycles. The first-order chi connectivity index (χ1) is 9.86. The van der Waals surface area contributed by atoms with E-state index in [0.29, 0.717) is 16.3 Å². The van der Waals surface area contributed by atoms with Crippen molar-refractivity contribution in [3.8, 4) is 0 Å². The number of sulfone groups is 1. The average molecular weight is 325 g/mol. The van der Waals surface area contributed by atoms with Crippen LogP contribution < -0.4 is 10.9 Å². The molecule has 5 nitrogen and oxygen atoms in total. The van der Waals surface area contributed by atoms with Gasteiger partial charge in [-0.3, -0.25) is 15.6 Å². The van der Waals surface area contributed by atoms with E-state index in [1.807, 2.05) is 0 Å². The Hall–Kier alpha value is -2.05. The Balaban J connectivity index is 2.00. The zero-order chi connectivity index (χ0) is 15.5. The zero-order valence-corrected chi connectivity index (χ0v) is 12.7. The summed E-state index contributed by atoms with van der Waals surface area (Å²) in [6.07, 6.45) is 1.14. The Morgan fingerprint density at radius 3 is 2.10 bits per heavy atom. The summed E-state index contributed by atoms with van der Waals surface area (Å²) >= 11 is 5.74. The summed E-state index contributed by atoms with van der Waals surface area (Å²) in [4.78, 5) is 12.1. The Labute approximate surface area is 127 Å². The number of carbonyl (C=O) groups excluding carboxylic acids is 1. The van der Waals surface area contributed by atoms with Crippen LogP contribution in [-0.4, -0.2) is 20.6 Å². The van der Waals surface area contributed by atoms with E-state index in [0.717, 1.165) is 6.26 Å². The highest BCUT2D eigenvalue weighted by Crippen LogP contribution is 2.13. The summed E-state index contributed by atoms with van der Waals surface area (Å²) in [6.45, 7) is 0. The summed E-state index contributed by atoms with van der Waals surface area (Å²) < 4.78 is 22.6. The lowest BCUT2D eigenvalue weighted by Crippen LogP contribution is -2.29. The molecule has 0 aliphatic rings. The second-order valence-electron chi connectivity index (χ2n) is 4.38. The van der Waals surface area contributed by atoms with Gasteiger partial charge in [0, 0.05) is 16.8 Å². The molecule has 0 unspecified atom stereocenters. The standard InChI is InChI=1S/C14H13ClN2O3S/c1-21(19,20)13-8-6-12(7-9-13)16-17-14(18)10-2-4-11(15)5-3-10/h2-9,16H,1H3,(H,17,18). The topological polar surface area (TPSA) is 75.3 Å². The van der Waals surface area contributed by atoms with Gasteiger partial charge in [0.15, 0.2) is 9.84 Å². The van der Waals surface area contributed by atoms with Gasteiger partial charge in [0.1, 0.15) is 0 Å². The molecular formula is C14H13ClN2O3S. The van der Waals surface area contributed by atoms with Crippen molar-refractivity contribution < 1.29 is 13.2 Å². The predicted octanol–water partition coefficient (Wildman–Crippen LogP) is 2.50. The SMILES string of the molecule is CS(=O)(=O)c1ccc(NNC(=O)c2ccc(Cl)cc2)cc1. The Kier molecular flexibility index (Phi) is 4.50. The predicted molar refractivity (Wildman–Crippen MR) is 82.1 cm³/mol. The molecule has 0 aromatic heterocycles. The summed E-state index contributed by atoms with van der Waals surface area (Å²) in [5.41, 5.74) is 6.25. The molecule has 21 heavy (non-hydrogen) atoms. The van der Waals surface area contributed by atoms with Gasteiger partial charge >= 0.3 is 0 Å². The van der Waals surface area contributed by atoms with Crippen molar-refractivity contribution in [3.05, 3.63) is 59.1 Å². The second kappa shape index (κ2) is 6.15. The van der Waals surface area contributed by atoms with Crippen LogP contribution in [0.25, 0.3) is 0 Å². The van der Waals surface area contributed by atoms with E-state index < -0.39 is 9.84 Å². The number of benzene rings is 2. The van der Waals surface area contributed by atoms with Crippen LogP contribution in [0.15, 0.2) is 53.4 Å². The molecule has 2 aromatic rings. The van der Waals surface area contributed by atoms with Crippen LogP contribution >= 0.6 is 11.6 Å². The third-order valence-corrected chi connectivity index (χ3v) is 4.09. The lowest BCUT2D eigenvalue weighted by atomic mass is 10.2. The number of hydrazine groups is 1. The van der Waals surface area contributed by atoms with Crippen molar-refractivity contribution in [2.24, 2.45) is 0 Å². The number of anilines is 1. The number of hydrogen-bond acceptors (Lipinski definition) is 4. The molecule has 0 spiro atoms. The van der Waals surface area contributed by atoms with E-state index in [4.69, 9.17) is 11.6 Å². The van der Waals surface area contributed by atoms with Crippen molar-refractivity contribution in [2.45, 2.75) is 4.90 Å². The van der Waals surface area contributed by atoms with Gasteiger partial charge in [-0.1, -0.05) is 11.6 Å². The molecule has 2 rings (SSSR count). The highest BCUT2D eigenvalue weighted by atomic mass is 35.5. The minimum atomic E-state index is -3.23. The number of rotatable bonds is 4. The number of halogens is 1. The molecule has 2 N–H and O–H groups in total. The van der Waals surface area contributed by atoms with Gasteiger partial charge in [0.2, 0.25) is 0 Å². The van der Waals surface area contributed by atoms with E-state index >= 15 is 0 Å². The van der Waals surface area contributed by atoms with Crippen molar-refractivity contribution in [1.29, 1.82) is 0 Å². The number of hydrogen-bond donors (Lipinski definition) is 2. The molecule has 0 radical (unpaired) electrons. The molecule has 110 valence electrons. The first-order valence-corrected chi connectivity index (χ1v) is 8.25. The summed E-state index contributed by atoms with van der Waals surface area (Å²) in [7, 11) is -3.23. The third-order valence-electron chi connectivity index (χ3n) is 2.71. The maximum absolute atomic E-state index is 11.8. The Morgan fingerprint density at radius 2 is 1.57 bits per heavy atom. The van der Waals surface area contributed by atoms with Crippen molar-refractivity contribution in [1.82, 2.24) is 5.43 Å². The fraction of sp³-hybridized carbons (Fsp3) is 0.0714. The number of nitrogens with one attached hydrogen (secondary N) is 2. The molecule has 1 amide bonds. The largest absolute Gasteiger partial charge is 0.298 e. The minimum absolute atomic E-state index is 0.220. The van der Waals surface area contributed by atoms with Crippen molar-refractivity contribution in [2.75, 3.05) is 11.7 Å². The van der Waals surface area contributed by atoms with Gasteiger partial charge in [-0.2, -0.15) is 0 Å². The number of carbonyl (C=O) groups is 1. The van der Waals surface area contributed by atoms with Crippen LogP contribution in [0.5, 0.6) is 0 Å². The highest BCUT2D eigenvalue weighted by molar-refractivity contribution is 7.90. The van der Waals surface area contributed by atoms with Gasteiger partial charge in [0.25, 0.3) is 5.91 Å². The summed E-state index contributed by atoms with van der Waals surface area (Å²) in [6, 6.07) is 12.5. The summed E-state index contributed by atoms with van der Waals surface area (Å²) in [5, 5.41) is 0.552. The normalized spacial score (nSPS) is 11.0. The fourth-order valence-corrected chi connectivity index (χ4v) is 2.34. The molecule has 0 bridgehead atoms.